The van der Waals surface area contributed by atoms with Crippen molar-refractivity contribution < 1.29 is 0 Å². The monoisotopic (exact) mass is 359 g/mol. The molecule has 0 aliphatic carbocycles. The Labute approximate surface area is 125 Å². The van der Waals surface area contributed by atoms with Gasteiger partial charge in [-0.05, 0) is 0 Å². The van der Waals surface area contributed by atoms with Crippen molar-refractivity contribution in [2.24, 2.45) is 5.73 Å². The van der Waals surface area contributed by atoms with E-state index < -0.39 is 21.1 Å². The summed E-state index contributed by atoms with van der Waals surface area (Å²) >= 11 is -0.417. The van der Waals surface area contributed by atoms with Gasteiger partial charge >= 0.3 is 126 Å². The second kappa shape index (κ2) is 12.5. The number of hydrogen-bond acceptors (Lipinski definition) is 1. The Morgan fingerprint density at radius 3 is 1.67 bits per heavy atom. The summed E-state index contributed by atoms with van der Waals surface area (Å²) in [5.41, 5.74) is 5.60. The molecule has 0 aromatic rings. The maximum atomic E-state index is 5.60. The van der Waals surface area contributed by atoms with Crippen molar-refractivity contribution in [3.8, 4) is 0 Å². The Hall–Kier alpha value is 0.499. The third-order valence-electron chi connectivity index (χ3n) is 3.67. The molecule has 0 unspecified atom stereocenters. The minimum atomic E-state index is -0.417. The van der Waals surface area contributed by atoms with Gasteiger partial charge in [0.1, 0.15) is 0 Å². The van der Waals surface area contributed by atoms with Crippen LogP contribution in [0.3, 0.4) is 0 Å². The van der Waals surface area contributed by atoms with Gasteiger partial charge in [0.05, 0.1) is 0 Å². The molecular formula is C16H33NSn. The Kier molecular flexibility index (Phi) is 12.9. The molecule has 106 valence electrons. The predicted molar refractivity (Wildman–Crippen MR) is 85.2 cm³/mol. The second-order valence-electron chi connectivity index (χ2n) is 5.37. The van der Waals surface area contributed by atoms with E-state index in [4.69, 9.17) is 5.73 Å². The van der Waals surface area contributed by atoms with E-state index >= 15 is 0 Å². The minimum absolute atomic E-state index is 0.417. The maximum absolute atomic E-state index is 5.60. The van der Waals surface area contributed by atoms with Crippen LogP contribution in [0.4, 0.5) is 0 Å². The van der Waals surface area contributed by atoms with Crippen LogP contribution >= 0.6 is 0 Å². The summed E-state index contributed by atoms with van der Waals surface area (Å²) in [7, 11) is 0. The summed E-state index contributed by atoms with van der Waals surface area (Å²) in [6, 6.07) is 0. The Morgan fingerprint density at radius 1 is 0.889 bits per heavy atom. The molecule has 0 rings (SSSR count). The van der Waals surface area contributed by atoms with Gasteiger partial charge in [-0.2, -0.15) is 0 Å². The fraction of sp³-hybridized carbons (Fsp3) is 0.875. The molecule has 0 atom stereocenters. The van der Waals surface area contributed by atoms with E-state index in [1.54, 1.807) is 0 Å². The van der Waals surface area contributed by atoms with Crippen molar-refractivity contribution in [3.05, 3.63) is 10.2 Å². The van der Waals surface area contributed by atoms with Crippen LogP contribution in [-0.4, -0.2) is 27.7 Å². The van der Waals surface area contributed by atoms with Crippen molar-refractivity contribution in [2.45, 2.75) is 82.0 Å². The van der Waals surface area contributed by atoms with Gasteiger partial charge in [-0.25, -0.2) is 0 Å². The molecular weight excluding hydrogens is 325 g/mol. The number of nitrogens with two attached hydrogens (primary N) is 1. The second-order valence-corrected chi connectivity index (χ2v) is 10.2. The van der Waals surface area contributed by atoms with Gasteiger partial charge in [0.2, 0.25) is 0 Å². The Balaban J connectivity index is 4.56. The molecule has 0 spiro atoms. The van der Waals surface area contributed by atoms with Crippen LogP contribution in [0.25, 0.3) is 0 Å². The van der Waals surface area contributed by atoms with Crippen LogP contribution in [-0.2, 0) is 0 Å². The fourth-order valence-corrected chi connectivity index (χ4v) is 6.92. The zero-order chi connectivity index (χ0) is 13.7. The summed E-state index contributed by atoms with van der Waals surface area (Å²) in [5, 5.41) is 0. The topological polar surface area (TPSA) is 26.0 Å². The molecule has 0 amide bonds. The van der Waals surface area contributed by atoms with Crippen molar-refractivity contribution in [1.29, 1.82) is 0 Å². The van der Waals surface area contributed by atoms with Gasteiger partial charge in [0.25, 0.3) is 0 Å². The van der Waals surface area contributed by atoms with Gasteiger partial charge in [-0.1, -0.05) is 0 Å². The quantitative estimate of drug-likeness (QED) is 0.494. The summed E-state index contributed by atoms with van der Waals surface area (Å²) in [6.07, 6.45) is 14.9. The molecule has 0 bridgehead atoms. The molecule has 0 fully saturated rings. The van der Waals surface area contributed by atoms with Crippen LogP contribution in [0.5, 0.6) is 0 Å². The standard InChI is InChI=1S/C13H27.C3H6N.Sn/c1-4-7-10-13(11-8-5-2)12-9-6-3;1-2-3-4;/h4-12H2,1-3H3;1-2H,3-4H2;. The van der Waals surface area contributed by atoms with E-state index in [-0.39, 0.29) is 0 Å². The van der Waals surface area contributed by atoms with Crippen LogP contribution in [0.1, 0.15) is 78.6 Å². The van der Waals surface area contributed by atoms with Crippen molar-refractivity contribution >= 4 is 21.1 Å². The van der Waals surface area contributed by atoms with Gasteiger partial charge in [0, 0.05) is 0 Å². The van der Waals surface area contributed by atoms with Crippen molar-refractivity contribution in [1.82, 2.24) is 0 Å². The average molecular weight is 358 g/mol. The van der Waals surface area contributed by atoms with E-state index in [2.05, 4.69) is 30.9 Å². The Bertz CT molecular complexity index is 179. The van der Waals surface area contributed by atoms with Gasteiger partial charge in [-0.15, -0.1) is 0 Å². The molecule has 0 aliphatic heterocycles. The van der Waals surface area contributed by atoms with Crippen LogP contribution < -0.4 is 5.73 Å². The zero-order valence-electron chi connectivity index (χ0n) is 12.8. The van der Waals surface area contributed by atoms with Crippen molar-refractivity contribution in [2.75, 3.05) is 6.54 Å². The summed E-state index contributed by atoms with van der Waals surface area (Å²) in [6.45, 7) is 7.70. The molecule has 0 heterocycles. The van der Waals surface area contributed by atoms with E-state index in [9.17, 15) is 0 Å². The molecule has 1 nitrogen and oxygen atoms in total. The van der Waals surface area contributed by atoms with Crippen LogP contribution in [0.15, 0.2) is 10.2 Å². The number of rotatable bonds is 12. The molecule has 18 heavy (non-hydrogen) atoms. The molecule has 2 radical (unpaired) electrons. The average Bonchev–Trinajstić information content (AvgIpc) is 2.40. The number of hydrogen-bond donors (Lipinski definition) is 1. The van der Waals surface area contributed by atoms with Gasteiger partial charge < -0.3 is 0 Å². The van der Waals surface area contributed by atoms with E-state index in [0.29, 0.717) is 0 Å². The van der Waals surface area contributed by atoms with Crippen LogP contribution in [0, 0.1) is 0 Å². The normalized spacial score (nSPS) is 12.4. The van der Waals surface area contributed by atoms with E-state index in [1.807, 2.05) is 0 Å². The predicted octanol–water partition coefficient (Wildman–Crippen LogP) is 4.89. The molecule has 0 aliphatic rings. The first-order chi connectivity index (χ1) is 8.74. The molecule has 0 aromatic heterocycles. The fourth-order valence-electron chi connectivity index (χ4n) is 2.44. The molecule has 2 N–H and O–H groups in total. The summed E-state index contributed by atoms with van der Waals surface area (Å²) in [4.78, 5) is 0. The molecule has 0 aromatic carbocycles. The molecule has 2 heteroatoms. The third kappa shape index (κ3) is 8.57. The van der Waals surface area contributed by atoms with E-state index in [0.717, 1.165) is 9.98 Å². The van der Waals surface area contributed by atoms with Gasteiger partial charge in [-0.3, -0.25) is 0 Å². The zero-order valence-corrected chi connectivity index (χ0v) is 15.7. The van der Waals surface area contributed by atoms with E-state index in [1.165, 1.54) is 57.8 Å². The Morgan fingerprint density at radius 2 is 1.33 bits per heavy atom. The third-order valence-corrected chi connectivity index (χ3v) is 8.71. The first-order valence-corrected chi connectivity index (χ1v) is 10.9. The first-order valence-electron chi connectivity index (χ1n) is 7.87. The number of unbranched alkanes of at least 4 members (excludes halogenated alkanes) is 3. The molecule has 0 saturated heterocycles. The van der Waals surface area contributed by atoms with Crippen LogP contribution in [0.2, 0.25) is 3.43 Å². The SMILES string of the molecule is CCCC[C](CCCC)(CCCC)[Sn]/[CH]=C/CN. The summed E-state index contributed by atoms with van der Waals surface area (Å²) < 4.78 is 3.24. The van der Waals surface area contributed by atoms with Gasteiger partial charge in [0.15, 0.2) is 0 Å². The first kappa shape index (κ1) is 18.5. The van der Waals surface area contributed by atoms with Crippen molar-refractivity contribution in [3.63, 3.8) is 0 Å². The molecule has 0 saturated carbocycles. The summed E-state index contributed by atoms with van der Waals surface area (Å²) in [5.74, 6) is 0.